The molecule has 0 bridgehead atoms. The summed E-state index contributed by atoms with van der Waals surface area (Å²) in [7, 11) is 0. The summed E-state index contributed by atoms with van der Waals surface area (Å²) in [5.41, 5.74) is 0.771. The number of benzene rings is 2. The van der Waals surface area contributed by atoms with E-state index in [-0.39, 0.29) is 28.8 Å². The number of aromatic amines is 1. The number of anilines is 1. The zero-order valence-corrected chi connectivity index (χ0v) is 21.9. The highest BCUT2D eigenvalue weighted by atomic mass is 32.2. The molecule has 1 aromatic heterocycles. The first kappa shape index (κ1) is 28.3. The first-order valence-corrected chi connectivity index (χ1v) is 12.8. The normalized spacial score (nSPS) is 11.6. The summed E-state index contributed by atoms with van der Waals surface area (Å²) in [5.74, 6) is -0.947. The Hall–Kier alpha value is -4.26. The number of rotatable bonds is 12. The Morgan fingerprint density at radius 1 is 1.13 bits per heavy atom. The van der Waals surface area contributed by atoms with E-state index in [4.69, 9.17) is 4.74 Å². The molecule has 0 aliphatic rings. The molecule has 2 amide bonds. The Balaban J connectivity index is 1.59. The number of hydrogen-bond donors (Lipinski definition) is 3. The number of nitro benzene ring substituents is 1. The van der Waals surface area contributed by atoms with E-state index in [1.165, 1.54) is 24.3 Å². The van der Waals surface area contributed by atoms with Crippen molar-refractivity contribution in [2.24, 2.45) is 5.92 Å². The SMILES string of the molecule is CCCOC(=O)c1cccc(NC(=O)CSc2n[nH]c([C@@H](NC(=O)c3cccc([N+](=O)[O-])c3)C(C)C)n2)c1. The molecule has 200 valence electrons. The number of aromatic nitrogens is 3. The van der Waals surface area contributed by atoms with Crippen molar-refractivity contribution in [1.29, 1.82) is 0 Å². The van der Waals surface area contributed by atoms with Crippen molar-refractivity contribution in [3.05, 3.63) is 75.6 Å². The maximum absolute atomic E-state index is 12.7. The molecule has 38 heavy (non-hydrogen) atoms. The zero-order chi connectivity index (χ0) is 27.7. The molecule has 3 N–H and O–H groups in total. The average Bonchev–Trinajstić information content (AvgIpc) is 3.37. The van der Waals surface area contributed by atoms with Crippen LogP contribution in [0.1, 0.15) is 59.8 Å². The second-order valence-electron chi connectivity index (χ2n) is 8.56. The van der Waals surface area contributed by atoms with Crippen LogP contribution in [-0.2, 0) is 9.53 Å². The van der Waals surface area contributed by atoms with E-state index in [1.54, 1.807) is 24.3 Å². The van der Waals surface area contributed by atoms with Gasteiger partial charge in [-0.1, -0.05) is 44.7 Å². The summed E-state index contributed by atoms with van der Waals surface area (Å²) in [6, 6.07) is 11.4. The van der Waals surface area contributed by atoms with Gasteiger partial charge in [-0.15, -0.1) is 5.10 Å². The summed E-state index contributed by atoms with van der Waals surface area (Å²) >= 11 is 1.09. The number of amides is 2. The number of non-ortho nitro benzene ring substituents is 1. The maximum atomic E-state index is 12.7. The molecule has 0 radical (unpaired) electrons. The van der Waals surface area contributed by atoms with E-state index in [0.29, 0.717) is 35.3 Å². The number of nitrogens with zero attached hydrogens (tertiary/aromatic N) is 3. The number of H-pyrrole nitrogens is 1. The molecule has 3 aromatic rings. The fourth-order valence-corrected chi connectivity index (χ4v) is 3.93. The van der Waals surface area contributed by atoms with Gasteiger partial charge in [-0.3, -0.25) is 24.8 Å². The largest absolute Gasteiger partial charge is 0.462 e. The second-order valence-corrected chi connectivity index (χ2v) is 9.50. The fraction of sp³-hybridized carbons (Fsp3) is 0.320. The maximum Gasteiger partial charge on any atom is 0.338 e. The van der Waals surface area contributed by atoms with Gasteiger partial charge >= 0.3 is 5.97 Å². The van der Waals surface area contributed by atoms with Gasteiger partial charge in [0.05, 0.1) is 28.9 Å². The van der Waals surface area contributed by atoms with Crippen molar-refractivity contribution in [3.63, 3.8) is 0 Å². The molecular weight excluding hydrogens is 512 g/mol. The van der Waals surface area contributed by atoms with Gasteiger partial charge in [0, 0.05) is 23.4 Å². The molecule has 2 aromatic carbocycles. The summed E-state index contributed by atoms with van der Waals surface area (Å²) < 4.78 is 5.12. The zero-order valence-electron chi connectivity index (χ0n) is 21.1. The van der Waals surface area contributed by atoms with Crippen molar-refractivity contribution >= 4 is 40.9 Å². The lowest BCUT2D eigenvalue weighted by molar-refractivity contribution is -0.384. The van der Waals surface area contributed by atoms with E-state index >= 15 is 0 Å². The Morgan fingerprint density at radius 2 is 1.87 bits per heavy atom. The molecule has 0 fully saturated rings. The lowest BCUT2D eigenvalue weighted by atomic mass is 10.0. The number of carbonyl (C=O) groups is 3. The van der Waals surface area contributed by atoms with E-state index in [9.17, 15) is 24.5 Å². The Labute approximate surface area is 223 Å². The van der Waals surface area contributed by atoms with Crippen LogP contribution in [0.15, 0.2) is 53.7 Å². The van der Waals surface area contributed by atoms with Gasteiger partial charge in [-0.2, -0.15) is 0 Å². The van der Waals surface area contributed by atoms with Gasteiger partial charge in [-0.05, 0) is 36.6 Å². The number of nitrogens with one attached hydrogen (secondary N) is 3. The monoisotopic (exact) mass is 540 g/mol. The van der Waals surface area contributed by atoms with Gasteiger partial charge < -0.3 is 15.4 Å². The highest BCUT2D eigenvalue weighted by molar-refractivity contribution is 7.99. The minimum absolute atomic E-state index is 0.00812. The fourth-order valence-electron chi connectivity index (χ4n) is 3.33. The van der Waals surface area contributed by atoms with Crippen molar-refractivity contribution in [2.75, 3.05) is 17.7 Å². The minimum Gasteiger partial charge on any atom is -0.462 e. The molecule has 0 unspecified atom stereocenters. The number of esters is 1. The predicted octanol–water partition coefficient (Wildman–Crippen LogP) is 4.14. The lowest BCUT2D eigenvalue weighted by Crippen LogP contribution is -2.32. The van der Waals surface area contributed by atoms with Gasteiger partial charge in [0.2, 0.25) is 11.1 Å². The van der Waals surface area contributed by atoms with Crippen molar-refractivity contribution in [3.8, 4) is 0 Å². The number of hydrogen-bond acceptors (Lipinski definition) is 9. The smallest absolute Gasteiger partial charge is 0.338 e. The Morgan fingerprint density at radius 3 is 2.58 bits per heavy atom. The molecule has 0 saturated carbocycles. The summed E-state index contributed by atoms with van der Waals surface area (Å²) in [6.07, 6.45) is 0.713. The third-order valence-corrected chi connectivity index (χ3v) is 6.05. The van der Waals surface area contributed by atoms with Gasteiger partial charge in [0.1, 0.15) is 5.82 Å². The van der Waals surface area contributed by atoms with Gasteiger partial charge in [0.25, 0.3) is 11.6 Å². The summed E-state index contributed by atoms with van der Waals surface area (Å²) in [5, 5.41) is 23.8. The van der Waals surface area contributed by atoms with Crippen LogP contribution >= 0.6 is 11.8 Å². The number of carbonyl (C=O) groups excluding carboxylic acids is 3. The Kier molecular flexibility index (Phi) is 9.93. The lowest BCUT2D eigenvalue weighted by Gasteiger charge is -2.19. The highest BCUT2D eigenvalue weighted by Crippen LogP contribution is 2.23. The first-order chi connectivity index (χ1) is 18.2. The average molecular weight is 541 g/mol. The van der Waals surface area contributed by atoms with Crippen molar-refractivity contribution in [2.45, 2.75) is 38.4 Å². The minimum atomic E-state index is -0.564. The molecule has 0 aliphatic heterocycles. The van der Waals surface area contributed by atoms with Crippen LogP contribution in [0.4, 0.5) is 11.4 Å². The number of nitro groups is 1. The van der Waals surface area contributed by atoms with Crippen LogP contribution < -0.4 is 10.6 Å². The summed E-state index contributed by atoms with van der Waals surface area (Å²) in [4.78, 5) is 52.1. The molecule has 0 saturated heterocycles. The number of ether oxygens (including phenoxy) is 1. The van der Waals surface area contributed by atoms with E-state index in [1.807, 2.05) is 20.8 Å². The van der Waals surface area contributed by atoms with E-state index in [2.05, 4.69) is 25.8 Å². The topological polar surface area (TPSA) is 169 Å². The molecule has 0 spiro atoms. The molecule has 1 atom stereocenters. The third kappa shape index (κ3) is 7.87. The van der Waals surface area contributed by atoms with E-state index < -0.39 is 22.8 Å². The molecule has 13 heteroatoms. The van der Waals surface area contributed by atoms with Crippen molar-refractivity contribution in [1.82, 2.24) is 20.5 Å². The molecular formula is C25H28N6O6S. The van der Waals surface area contributed by atoms with Crippen LogP contribution in [0.2, 0.25) is 0 Å². The highest BCUT2D eigenvalue weighted by Gasteiger charge is 2.24. The Bertz CT molecular complexity index is 1310. The van der Waals surface area contributed by atoms with Crippen molar-refractivity contribution < 1.29 is 24.0 Å². The molecule has 3 rings (SSSR count). The van der Waals surface area contributed by atoms with Crippen LogP contribution in [-0.4, -0.2) is 50.2 Å². The standard InChI is InChI=1S/C25H28N6O6S/c1-4-11-37-24(34)17-8-5-9-18(12-17)26-20(32)14-38-25-28-22(29-30-25)21(15(2)3)27-23(33)16-7-6-10-19(13-16)31(35)36/h5-10,12-13,15,21H,4,11,14H2,1-3H3,(H,26,32)(H,27,33)(H,28,29,30)/t21-/m0/s1. The van der Waals surface area contributed by atoms with Crippen LogP contribution in [0.3, 0.4) is 0 Å². The quantitative estimate of drug-likeness (QED) is 0.132. The van der Waals surface area contributed by atoms with Crippen LogP contribution in [0.25, 0.3) is 0 Å². The van der Waals surface area contributed by atoms with Gasteiger partial charge in [-0.25, -0.2) is 9.78 Å². The summed E-state index contributed by atoms with van der Waals surface area (Å²) in [6.45, 7) is 5.99. The van der Waals surface area contributed by atoms with E-state index in [0.717, 1.165) is 11.8 Å². The molecule has 0 aliphatic carbocycles. The first-order valence-electron chi connectivity index (χ1n) is 11.8. The predicted molar refractivity (Wildman–Crippen MR) is 141 cm³/mol. The molecule has 12 nitrogen and oxygen atoms in total. The van der Waals surface area contributed by atoms with Crippen LogP contribution in [0, 0.1) is 16.0 Å². The second kappa shape index (κ2) is 13.3. The number of thioether (sulfide) groups is 1. The van der Waals surface area contributed by atoms with Crippen LogP contribution in [0.5, 0.6) is 0 Å². The molecule has 1 heterocycles. The third-order valence-electron chi connectivity index (χ3n) is 5.20. The van der Waals surface area contributed by atoms with Gasteiger partial charge in [0.15, 0.2) is 0 Å².